The maximum Gasteiger partial charge on any atom is 0.235 e. The average molecular weight is 426 g/mol. The number of hydrogen-bond acceptors (Lipinski definition) is 6. The van der Waals surface area contributed by atoms with E-state index in [-0.39, 0.29) is 16.4 Å². The fraction of sp³-hybridized carbons (Fsp3) is 0.235. The summed E-state index contributed by atoms with van der Waals surface area (Å²) >= 11 is 6.13. The molecule has 0 aliphatic carbocycles. The van der Waals surface area contributed by atoms with Crippen molar-refractivity contribution in [3.05, 3.63) is 47.6 Å². The highest BCUT2D eigenvalue weighted by atomic mass is 35.5. The van der Waals surface area contributed by atoms with Crippen LogP contribution in [0.5, 0.6) is 5.75 Å². The van der Waals surface area contributed by atoms with Crippen LogP contribution in [-0.2, 0) is 10.0 Å². The molecule has 3 aromatic rings. The lowest BCUT2D eigenvalue weighted by Crippen LogP contribution is -2.23. The van der Waals surface area contributed by atoms with Gasteiger partial charge in [0.25, 0.3) is 0 Å². The number of methoxy groups -OCH3 is 1. The molecule has 11 heteroatoms. The molecule has 0 spiro atoms. The highest BCUT2D eigenvalue weighted by Gasteiger charge is 2.22. The van der Waals surface area contributed by atoms with E-state index < -0.39 is 21.1 Å². The Morgan fingerprint density at radius 2 is 2.04 bits per heavy atom. The summed E-state index contributed by atoms with van der Waals surface area (Å²) in [5, 5.41) is 7.23. The van der Waals surface area contributed by atoms with E-state index in [4.69, 9.17) is 16.3 Å². The van der Waals surface area contributed by atoms with Gasteiger partial charge in [0.05, 0.1) is 35.5 Å². The number of sulfonamides is 1. The molecule has 0 aliphatic heterocycles. The standard InChI is InChI=1S/C17H17ClFN5O3S/c1-10(2)28(25,26)22-14-5-4-13(18)17(16(14)19)24-9-15(21-23-24)11-6-12(27-3)8-20-7-11/h4-10,22H,1-3H3. The van der Waals surface area contributed by atoms with E-state index in [1.807, 2.05) is 0 Å². The molecule has 0 radical (unpaired) electrons. The maximum atomic E-state index is 15.0. The molecule has 0 bridgehead atoms. The van der Waals surface area contributed by atoms with Crippen LogP contribution in [0.25, 0.3) is 16.9 Å². The lowest BCUT2D eigenvalue weighted by atomic mass is 10.2. The average Bonchev–Trinajstić information content (AvgIpc) is 3.14. The normalized spacial score (nSPS) is 11.6. The Labute approximate surface area is 166 Å². The zero-order chi connectivity index (χ0) is 20.5. The molecule has 1 aromatic carbocycles. The number of nitrogens with one attached hydrogen (secondary N) is 1. The summed E-state index contributed by atoms with van der Waals surface area (Å²) in [5.41, 5.74) is 0.669. The van der Waals surface area contributed by atoms with Crippen LogP contribution in [0.4, 0.5) is 10.1 Å². The minimum atomic E-state index is -3.73. The molecule has 2 heterocycles. The number of hydrogen-bond donors (Lipinski definition) is 1. The summed E-state index contributed by atoms with van der Waals surface area (Å²) in [5.74, 6) is -0.335. The van der Waals surface area contributed by atoms with Crippen molar-refractivity contribution in [2.75, 3.05) is 11.8 Å². The number of ether oxygens (including phenoxy) is 1. The smallest absolute Gasteiger partial charge is 0.235 e. The lowest BCUT2D eigenvalue weighted by molar-refractivity contribution is 0.413. The van der Waals surface area contributed by atoms with Crippen molar-refractivity contribution in [1.29, 1.82) is 0 Å². The van der Waals surface area contributed by atoms with Crippen LogP contribution in [0.15, 0.2) is 36.8 Å². The van der Waals surface area contributed by atoms with Crippen LogP contribution in [0.1, 0.15) is 13.8 Å². The number of benzene rings is 1. The van der Waals surface area contributed by atoms with Gasteiger partial charge in [0, 0.05) is 11.8 Å². The maximum absolute atomic E-state index is 15.0. The molecule has 0 fully saturated rings. The molecule has 148 valence electrons. The van der Waals surface area contributed by atoms with Gasteiger partial charge in [-0.15, -0.1) is 5.10 Å². The molecule has 0 amide bonds. The molecule has 1 N–H and O–H groups in total. The van der Waals surface area contributed by atoms with E-state index in [1.54, 1.807) is 12.3 Å². The minimum Gasteiger partial charge on any atom is -0.495 e. The summed E-state index contributed by atoms with van der Waals surface area (Å²) in [7, 11) is -2.22. The predicted molar refractivity (Wildman–Crippen MR) is 104 cm³/mol. The third kappa shape index (κ3) is 3.92. The number of nitrogens with zero attached hydrogens (tertiary/aromatic N) is 4. The van der Waals surface area contributed by atoms with Crippen molar-refractivity contribution in [3.63, 3.8) is 0 Å². The topological polar surface area (TPSA) is 99.0 Å². The van der Waals surface area contributed by atoms with E-state index in [2.05, 4.69) is 20.0 Å². The van der Waals surface area contributed by atoms with Gasteiger partial charge in [-0.25, -0.2) is 17.5 Å². The molecule has 0 unspecified atom stereocenters. The Morgan fingerprint density at radius 1 is 1.29 bits per heavy atom. The van der Waals surface area contributed by atoms with Crippen LogP contribution < -0.4 is 9.46 Å². The Balaban J connectivity index is 2.02. The van der Waals surface area contributed by atoms with Gasteiger partial charge in [-0.1, -0.05) is 16.8 Å². The van der Waals surface area contributed by atoms with E-state index in [0.29, 0.717) is 17.0 Å². The van der Waals surface area contributed by atoms with Gasteiger partial charge in [-0.3, -0.25) is 9.71 Å². The van der Waals surface area contributed by atoms with Crippen LogP contribution in [0.2, 0.25) is 5.02 Å². The molecular weight excluding hydrogens is 409 g/mol. The summed E-state index contributed by atoms with van der Waals surface area (Å²) < 4.78 is 47.6. The number of rotatable bonds is 6. The first-order valence-electron chi connectivity index (χ1n) is 8.14. The zero-order valence-electron chi connectivity index (χ0n) is 15.2. The molecule has 28 heavy (non-hydrogen) atoms. The molecule has 8 nitrogen and oxygen atoms in total. The first-order chi connectivity index (χ1) is 13.2. The van der Waals surface area contributed by atoms with Crippen molar-refractivity contribution in [1.82, 2.24) is 20.0 Å². The van der Waals surface area contributed by atoms with Gasteiger partial charge in [0.2, 0.25) is 10.0 Å². The lowest BCUT2D eigenvalue weighted by Gasteiger charge is -2.14. The quantitative estimate of drug-likeness (QED) is 0.650. The molecule has 0 aliphatic rings. The second-order valence-corrected chi connectivity index (χ2v) is 8.76. The van der Waals surface area contributed by atoms with Crippen molar-refractivity contribution in [3.8, 4) is 22.7 Å². The highest BCUT2D eigenvalue weighted by molar-refractivity contribution is 7.93. The Morgan fingerprint density at radius 3 is 2.71 bits per heavy atom. The molecule has 0 saturated carbocycles. The zero-order valence-corrected chi connectivity index (χ0v) is 16.8. The first-order valence-corrected chi connectivity index (χ1v) is 10.1. The Kier molecular flexibility index (Phi) is 5.52. The molecule has 0 atom stereocenters. The van der Waals surface area contributed by atoms with E-state index >= 15 is 4.39 Å². The summed E-state index contributed by atoms with van der Waals surface area (Å²) in [4.78, 5) is 4.04. The van der Waals surface area contributed by atoms with Gasteiger partial charge < -0.3 is 4.74 Å². The molecule has 3 rings (SSSR count). The Hall–Kier alpha value is -2.72. The summed E-state index contributed by atoms with van der Waals surface area (Å²) in [6, 6.07) is 4.34. The van der Waals surface area contributed by atoms with Crippen molar-refractivity contribution in [2.45, 2.75) is 19.1 Å². The number of pyridine rings is 1. The predicted octanol–water partition coefficient (Wildman–Crippen LogP) is 3.28. The van der Waals surface area contributed by atoms with Crippen LogP contribution in [0.3, 0.4) is 0 Å². The number of aromatic nitrogens is 4. The van der Waals surface area contributed by atoms with Crippen LogP contribution >= 0.6 is 11.6 Å². The monoisotopic (exact) mass is 425 g/mol. The Bertz CT molecular complexity index is 1120. The van der Waals surface area contributed by atoms with E-state index in [9.17, 15) is 8.42 Å². The third-order valence-electron chi connectivity index (χ3n) is 3.91. The van der Waals surface area contributed by atoms with Gasteiger partial charge in [-0.2, -0.15) is 0 Å². The van der Waals surface area contributed by atoms with Crippen molar-refractivity contribution < 1.29 is 17.5 Å². The van der Waals surface area contributed by atoms with Gasteiger partial charge in [0.1, 0.15) is 17.1 Å². The third-order valence-corrected chi connectivity index (χ3v) is 5.96. The van der Waals surface area contributed by atoms with Crippen LogP contribution in [-0.4, -0.2) is 40.8 Å². The molecule has 0 saturated heterocycles. The van der Waals surface area contributed by atoms with E-state index in [0.717, 1.165) is 4.68 Å². The van der Waals surface area contributed by atoms with Gasteiger partial charge in [-0.05, 0) is 32.0 Å². The minimum absolute atomic E-state index is 0.0465. The summed E-state index contributed by atoms with van der Waals surface area (Å²) in [6.45, 7) is 2.98. The van der Waals surface area contributed by atoms with Crippen LogP contribution in [0, 0.1) is 5.82 Å². The van der Waals surface area contributed by atoms with Gasteiger partial charge in [0.15, 0.2) is 5.82 Å². The second kappa shape index (κ2) is 7.72. The van der Waals surface area contributed by atoms with Crippen molar-refractivity contribution >= 4 is 27.3 Å². The number of anilines is 1. The molecule has 2 aromatic heterocycles. The first kappa shape index (κ1) is 20.0. The fourth-order valence-corrected chi connectivity index (χ4v) is 3.21. The van der Waals surface area contributed by atoms with Crippen molar-refractivity contribution in [2.24, 2.45) is 0 Å². The largest absolute Gasteiger partial charge is 0.495 e. The highest BCUT2D eigenvalue weighted by Crippen LogP contribution is 2.30. The number of halogens is 2. The second-order valence-electron chi connectivity index (χ2n) is 6.12. The SMILES string of the molecule is COc1cncc(-c2cn(-c3c(Cl)ccc(NS(=O)(=O)C(C)C)c3F)nn2)c1. The summed E-state index contributed by atoms with van der Waals surface area (Å²) in [6.07, 6.45) is 4.55. The molecular formula is C17H17ClFN5O3S. The van der Waals surface area contributed by atoms with E-state index in [1.165, 1.54) is 45.5 Å². The fourth-order valence-electron chi connectivity index (χ4n) is 2.28. The van der Waals surface area contributed by atoms with Gasteiger partial charge >= 0.3 is 0 Å².